The first-order chi connectivity index (χ1) is 8.27. The van der Waals surface area contributed by atoms with Gasteiger partial charge < -0.3 is 4.42 Å². The number of aromatic nitrogens is 3. The second kappa shape index (κ2) is 3.67. The van der Waals surface area contributed by atoms with E-state index in [2.05, 4.69) is 15.4 Å². The van der Waals surface area contributed by atoms with Gasteiger partial charge in [0, 0.05) is 5.39 Å². The van der Waals surface area contributed by atoms with Gasteiger partial charge in [-0.3, -0.25) is 0 Å². The van der Waals surface area contributed by atoms with Gasteiger partial charge in [-0.2, -0.15) is 0 Å². The van der Waals surface area contributed by atoms with E-state index in [-0.39, 0.29) is 9.90 Å². The van der Waals surface area contributed by atoms with Crippen LogP contribution in [0.15, 0.2) is 39.7 Å². The van der Waals surface area contributed by atoms with Gasteiger partial charge in [0.25, 0.3) is 0 Å². The maximum absolute atomic E-state index is 11.8. The van der Waals surface area contributed by atoms with Crippen LogP contribution >= 0.6 is 12.2 Å². The van der Waals surface area contributed by atoms with E-state index in [0.717, 1.165) is 0 Å². The van der Waals surface area contributed by atoms with Gasteiger partial charge in [-0.1, -0.05) is 24.4 Å². The van der Waals surface area contributed by atoms with Crippen molar-refractivity contribution in [1.29, 1.82) is 0 Å². The molecule has 1 aromatic carbocycles. The Morgan fingerprint density at radius 1 is 1.24 bits per heavy atom. The fourth-order valence-corrected chi connectivity index (χ4v) is 1.90. The zero-order valence-electron chi connectivity index (χ0n) is 8.45. The van der Waals surface area contributed by atoms with Crippen molar-refractivity contribution in [3.63, 3.8) is 0 Å². The van der Waals surface area contributed by atoms with Gasteiger partial charge in [-0.25, -0.2) is 4.79 Å². The lowest BCUT2D eigenvalue weighted by molar-refractivity contribution is 0.569. The molecule has 0 bridgehead atoms. The van der Waals surface area contributed by atoms with Crippen LogP contribution < -0.4 is 5.63 Å². The van der Waals surface area contributed by atoms with E-state index in [9.17, 15) is 4.79 Å². The quantitative estimate of drug-likeness (QED) is 0.443. The minimum absolute atomic E-state index is 0.240. The van der Waals surface area contributed by atoms with Crippen LogP contribution in [0.3, 0.4) is 0 Å². The highest BCUT2D eigenvalue weighted by atomic mass is 32.1. The van der Waals surface area contributed by atoms with Gasteiger partial charge in [0.15, 0.2) is 0 Å². The van der Waals surface area contributed by atoms with Gasteiger partial charge in [0.1, 0.15) is 16.5 Å². The second-order valence-corrected chi connectivity index (χ2v) is 3.85. The summed E-state index contributed by atoms with van der Waals surface area (Å²) in [5, 5.41) is 12.0. The first kappa shape index (κ1) is 9.98. The van der Waals surface area contributed by atoms with E-state index in [1.54, 1.807) is 18.2 Å². The van der Waals surface area contributed by atoms with Gasteiger partial charge in [-0.15, -0.1) is 10.2 Å². The third kappa shape index (κ3) is 1.50. The maximum Gasteiger partial charge on any atom is 0.347 e. The highest BCUT2D eigenvalue weighted by Crippen LogP contribution is 2.19. The third-order valence-corrected chi connectivity index (χ3v) is 2.71. The Morgan fingerprint density at radius 2 is 2.06 bits per heavy atom. The molecule has 0 aliphatic carbocycles. The summed E-state index contributed by atoms with van der Waals surface area (Å²) >= 11 is 5.07. The molecular formula is C11H5N3O2S. The molecule has 0 amide bonds. The van der Waals surface area contributed by atoms with E-state index in [4.69, 9.17) is 16.6 Å². The smallest absolute Gasteiger partial charge is 0.347 e. The van der Waals surface area contributed by atoms with Crippen LogP contribution in [0, 0.1) is 4.51 Å². The molecule has 2 aromatic heterocycles. The van der Waals surface area contributed by atoms with E-state index in [1.807, 2.05) is 6.07 Å². The van der Waals surface area contributed by atoms with Crippen LogP contribution in [-0.4, -0.2) is 15.4 Å². The number of benzene rings is 1. The zero-order valence-corrected chi connectivity index (χ0v) is 9.27. The number of hydrogen-bond donors (Lipinski definition) is 0. The van der Waals surface area contributed by atoms with Crippen molar-refractivity contribution in [2.75, 3.05) is 0 Å². The van der Waals surface area contributed by atoms with Gasteiger partial charge in [0.05, 0.1) is 10.7 Å². The summed E-state index contributed by atoms with van der Waals surface area (Å²) in [7, 11) is 0. The molecule has 6 heteroatoms. The van der Waals surface area contributed by atoms with Crippen LogP contribution in [0.4, 0.5) is 0 Å². The Labute approximate surface area is 99.7 Å². The normalized spacial score (nSPS) is 10.8. The molecule has 0 atom stereocenters. The molecule has 3 rings (SSSR count). The fourth-order valence-electron chi connectivity index (χ4n) is 1.67. The van der Waals surface area contributed by atoms with E-state index in [1.165, 1.54) is 6.20 Å². The summed E-state index contributed by atoms with van der Waals surface area (Å²) in [6.07, 6.45) is 1.32. The summed E-state index contributed by atoms with van der Waals surface area (Å²) in [5.74, 6) is 0. The van der Waals surface area contributed by atoms with Crippen molar-refractivity contribution in [3.05, 3.63) is 45.4 Å². The van der Waals surface area contributed by atoms with Gasteiger partial charge in [-0.05, 0) is 17.3 Å². The number of fused-ring (bicyclic) bond motifs is 3. The molecule has 0 fully saturated rings. The Kier molecular flexibility index (Phi) is 2.15. The van der Waals surface area contributed by atoms with E-state index < -0.39 is 5.63 Å². The SMILES string of the molecule is O=c1oc2ccccc2c2nnncc(=S)c12. The number of rotatable bonds is 0. The Hall–Kier alpha value is -2.21. The van der Waals surface area contributed by atoms with Gasteiger partial charge in [0.2, 0.25) is 0 Å². The predicted molar refractivity (Wildman–Crippen MR) is 64.2 cm³/mol. The molecule has 82 valence electrons. The topological polar surface area (TPSA) is 68.9 Å². The molecule has 0 saturated carbocycles. The van der Waals surface area contributed by atoms with Crippen molar-refractivity contribution in [3.8, 4) is 0 Å². The second-order valence-electron chi connectivity index (χ2n) is 3.41. The molecule has 0 spiro atoms. The van der Waals surface area contributed by atoms with Crippen LogP contribution in [0.2, 0.25) is 0 Å². The number of nitrogens with zero attached hydrogens (tertiary/aromatic N) is 3. The molecular weight excluding hydrogens is 238 g/mol. The maximum atomic E-state index is 11.8. The van der Waals surface area contributed by atoms with E-state index >= 15 is 0 Å². The summed E-state index contributed by atoms with van der Waals surface area (Å²) in [6.45, 7) is 0. The van der Waals surface area contributed by atoms with Crippen molar-refractivity contribution in [2.45, 2.75) is 0 Å². The van der Waals surface area contributed by atoms with Crippen LogP contribution in [0.1, 0.15) is 0 Å². The predicted octanol–water partition coefficient (Wildman–Crippen LogP) is 1.86. The molecule has 2 heterocycles. The van der Waals surface area contributed by atoms with Crippen LogP contribution in [-0.2, 0) is 0 Å². The summed E-state index contributed by atoms with van der Waals surface area (Å²) in [6, 6.07) is 7.10. The Morgan fingerprint density at radius 3 is 2.94 bits per heavy atom. The molecule has 3 aromatic rings. The van der Waals surface area contributed by atoms with Crippen molar-refractivity contribution < 1.29 is 4.42 Å². The highest BCUT2D eigenvalue weighted by Gasteiger charge is 2.08. The van der Waals surface area contributed by atoms with Crippen molar-refractivity contribution >= 4 is 34.1 Å². The first-order valence-corrected chi connectivity index (χ1v) is 5.22. The van der Waals surface area contributed by atoms with Crippen LogP contribution in [0.25, 0.3) is 21.9 Å². The molecule has 5 nitrogen and oxygen atoms in total. The lowest BCUT2D eigenvalue weighted by Gasteiger charge is -1.96. The highest BCUT2D eigenvalue weighted by molar-refractivity contribution is 7.71. The largest absolute Gasteiger partial charge is 0.422 e. The van der Waals surface area contributed by atoms with Crippen molar-refractivity contribution in [2.24, 2.45) is 0 Å². The molecule has 17 heavy (non-hydrogen) atoms. The summed E-state index contributed by atoms with van der Waals surface area (Å²) in [5.41, 5.74) is 0.357. The summed E-state index contributed by atoms with van der Waals surface area (Å²) in [4.78, 5) is 11.8. The number of hydrogen-bond acceptors (Lipinski definition) is 6. The molecule has 0 N–H and O–H groups in total. The Balaban J connectivity index is 2.79. The lowest BCUT2D eigenvalue weighted by Crippen LogP contribution is -2.00. The number of para-hydroxylation sites is 1. The molecule has 0 radical (unpaired) electrons. The minimum atomic E-state index is -0.518. The molecule has 0 saturated heterocycles. The average molecular weight is 243 g/mol. The van der Waals surface area contributed by atoms with Crippen LogP contribution in [0.5, 0.6) is 0 Å². The first-order valence-electron chi connectivity index (χ1n) is 4.81. The zero-order chi connectivity index (χ0) is 11.8. The molecule has 0 unspecified atom stereocenters. The minimum Gasteiger partial charge on any atom is -0.422 e. The lowest BCUT2D eigenvalue weighted by atomic mass is 10.2. The monoisotopic (exact) mass is 243 g/mol. The third-order valence-electron chi connectivity index (χ3n) is 2.40. The Bertz CT molecular complexity index is 845. The molecule has 0 aliphatic heterocycles. The van der Waals surface area contributed by atoms with Crippen molar-refractivity contribution in [1.82, 2.24) is 15.4 Å². The standard InChI is InChI=1S/C11H5N3O2S/c15-11-9-8(17)5-12-14-13-10(9)6-3-1-2-4-7(6)16-11/h1-5H. The summed E-state index contributed by atoms with van der Waals surface area (Å²) < 4.78 is 5.46. The van der Waals surface area contributed by atoms with Gasteiger partial charge >= 0.3 is 5.63 Å². The fraction of sp³-hybridized carbons (Fsp3) is 0. The van der Waals surface area contributed by atoms with E-state index in [0.29, 0.717) is 16.5 Å². The average Bonchev–Trinajstić information content (AvgIpc) is 2.52. The molecule has 0 aliphatic rings.